The van der Waals surface area contributed by atoms with E-state index in [0.29, 0.717) is 13.0 Å². The maximum atomic E-state index is 12.4. The van der Waals surface area contributed by atoms with Crippen LogP contribution >= 0.6 is 0 Å². The summed E-state index contributed by atoms with van der Waals surface area (Å²) in [6.07, 6.45) is 0.544. The zero-order valence-electron chi connectivity index (χ0n) is 15.0. The zero-order valence-corrected chi connectivity index (χ0v) is 15.0. The van der Waals surface area contributed by atoms with Crippen molar-refractivity contribution in [2.75, 3.05) is 4.90 Å². The van der Waals surface area contributed by atoms with Gasteiger partial charge in [-0.05, 0) is 35.7 Å². The van der Waals surface area contributed by atoms with Crippen LogP contribution in [-0.4, -0.2) is 39.1 Å². The molecule has 0 bridgehead atoms. The summed E-state index contributed by atoms with van der Waals surface area (Å²) in [4.78, 5) is 43.5. The number of aliphatic carboxylic acids is 3. The maximum Gasteiger partial charge on any atom is 0.414 e. The monoisotopic (exact) mass is 385 g/mol. The van der Waals surface area contributed by atoms with E-state index >= 15 is 0 Å². The molecule has 1 amide bonds. The molecule has 0 radical (unpaired) electrons. The molecule has 1 heterocycles. The van der Waals surface area contributed by atoms with Gasteiger partial charge in [-0.1, -0.05) is 37.3 Å². The molecule has 3 N–H and O–H groups in total. The van der Waals surface area contributed by atoms with Gasteiger partial charge in [-0.2, -0.15) is 0 Å². The van der Waals surface area contributed by atoms with E-state index in [9.17, 15) is 14.7 Å². The smallest absolute Gasteiger partial charge is 0.414 e. The number of carboxylic acid groups (broad SMARTS) is 3. The Kier molecular flexibility index (Phi) is 6.49. The van der Waals surface area contributed by atoms with Crippen LogP contribution in [0, 0.1) is 0 Å². The van der Waals surface area contributed by atoms with Crippen molar-refractivity contribution >= 4 is 29.5 Å². The SMILES string of the molecule is CC[C@H](C(=O)O)c1ccc(N2Cc3ccccc3C2=O)cc1.O=C(O)C(=O)O. The van der Waals surface area contributed by atoms with Crippen molar-refractivity contribution in [2.24, 2.45) is 0 Å². The number of benzene rings is 2. The highest BCUT2D eigenvalue weighted by Gasteiger charge is 2.28. The summed E-state index contributed by atoms with van der Waals surface area (Å²) in [5.41, 5.74) is 3.32. The summed E-state index contributed by atoms with van der Waals surface area (Å²) in [6, 6.07) is 14.8. The number of carbonyl (C=O) groups is 4. The second-order valence-electron chi connectivity index (χ2n) is 6.05. The third-order valence-electron chi connectivity index (χ3n) is 4.32. The number of carboxylic acids is 3. The molecule has 0 aromatic heterocycles. The summed E-state index contributed by atoms with van der Waals surface area (Å²) < 4.78 is 0. The molecule has 0 saturated heterocycles. The van der Waals surface area contributed by atoms with Gasteiger partial charge in [0.05, 0.1) is 12.5 Å². The molecule has 3 rings (SSSR count). The van der Waals surface area contributed by atoms with Gasteiger partial charge in [0.2, 0.25) is 0 Å². The van der Waals surface area contributed by atoms with E-state index in [2.05, 4.69) is 0 Å². The largest absolute Gasteiger partial charge is 0.481 e. The number of amides is 1. The van der Waals surface area contributed by atoms with Gasteiger partial charge in [0.25, 0.3) is 5.91 Å². The van der Waals surface area contributed by atoms with Crippen LogP contribution in [0.3, 0.4) is 0 Å². The lowest BCUT2D eigenvalue weighted by molar-refractivity contribution is -0.159. The van der Waals surface area contributed by atoms with Gasteiger partial charge in [-0.15, -0.1) is 0 Å². The number of fused-ring (bicyclic) bond motifs is 1. The lowest BCUT2D eigenvalue weighted by Crippen LogP contribution is -2.23. The summed E-state index contributed by atoms with van der Waals surface area (Å²) in [5.74, 6) is -4.97. The minimum absolute atomic E-state index is 0.00590. The number of nitrogens with zero attached hydrogens (tertiary/aromatic N) is 1. The Bertz CT molecular complexity index is 893. The first kappa shape index (κ1) is 20.6. The van der Waals surface area contributed by atoms with Crippen molar-refractivity contribution in [1.82, 2.24) is 0 Å². The Morgan fingerprint density at radius 1 is 0.964 bits per heavy atom. The van der Waals surface area contributed by atoms with Gasteiger partial charge in [0.15, 0.2) is 0 Å². The van der Waals surface area contributed by atoms with Gasteiger partial charge in [-0.3, -0.25) is 9.59 Å². The average molecular weight is 385 g/mol. The van der Waals surface area contributed by atoms with Crippen LogP contribution in [0.2, 0.25) is 0 Å². The molecule has 0 unspecified atom stereocenters. The Hall–Kier alpha value is -3.68. The topological polar surface area (TPSA) is 132 Å². The molecular weight excluding hydrogens is 366 g/mol. The standard InChI is InChI=1S/C18H17NO3.C2H2O4/c1-2-15(18(21)22)12-7-9-14(10-8-12)19-11-13-5-3-4-6-16(13)17(19)20;3-1(4)2(5)6/h3-10,15H,2,11H2,1H3,(H,21,22);(H,3,4)(H,5,6)/t15-;/m0./s1. The molecule has 146 valence electrons. The first-order valence-corrected chi connectivity index (χ1v) is 8.45. The molecule has 2 aromatic carbocycles. The number of rotatable bonds is 4. The minimum Gasteiger partial charge on any atom is -0.481 e. The van der Waals surface area contributed by atoms with Gasteiger partial charge >= 0.3 is 17.9 Å². The molecule has 0 spiro atoms. The second kappa shape index (κ2) is 8.81. The fourth-order valence-corrected chi connectivity index (χ4v) is 2.90. The van der Waals surface area contributed by atoms with Crippen LogP contribution in [0.15, 0.2) is 48.5 Å². The van der Waals surface area contributed by atoms with E-state index in [1.807, 2.05) is 43.3 Å². The molecule has 0 saturated carbocycles. The normalized spacial score (nSPS) is 13.2. The Balaban J connectivity index is 0.000000409. The fourth-order valence-electron chi connectivity index (χ4n) is 2.90. The highest BCUT2D eigenvalue weighted by atomic mass is 16.4. The van der Waals surface area contributed by atoms with Crippen molar-refractivity contribution in [2.45, 2.75) is 25.8 Å². The molecule has 0 aliphatic carbocycles. The van der Waals surface area contributed by atoms with Gasteiger partial charge in [0.1, 0.15) is 0 Å². The fraction of sp³-hybridized carbons (Fsp3) is 0.200. The minimum atomic E-state index is -1.82. The van der Waals surface area contributed by atoms with E-state index in [-0.39, 0.29) is 5.91 Å². The van der Waals surface area contributed by atoms with E-state index in [1.165, 1.54) is 0 Å². The predicted molar refractivity (Wildman–Crippen MR) is 99.3 cm³/mol. The molecule has 1 aliphatic heterocycles. The Labute approximate surface area is 160 Å². The highest BCUT2D eigenvalue weighted by Crippen LogP contribution is 2.29. The Morgan fingerprint density at radius 2 is 1.54 bits per heavy atom. The molecule has 8 nitrogen and oxygen atoms in total. The molecule has 8 heteroatoms. The van der Waals surface area contributed by atoms with Crippen LogP contribution in [0.4, 0.5) is 5.69 Å². The quantitative estimate of drug-likeness (QED) is 0.689. The summed E-state index contributed by atoms with van der Waals surface area (Å²) in [6.45, 7) is 2.41. The number of hydrogen-bond donors (Lipinski definition) is 3. The summed E-state index contributed by atoms with van der Waals surface area (Å²) in [7, 11) is 0. The number of anilines is 1. The third-order valence-corrected chi connectivity index (χ3v) is 4.32. The van der Waals surface area contributed by atoms with Gasteiger partial charge < -0.3 is 20.2 Å². The summed E-state index contributed by atoms with van der Waals surface area (Å²) in [5, 5.41) is 24.0. The van der Waals surface area contributed by atoms with Gasteiger partial charge in [-0.25, -0.2) is 9.59 Å². The number of hydrogen-bond acceptors (Lipinski definition) is 4. The van der Waals surface area contributed by atoms with Crippen LogP contribution in [-0.2, 0) is 20.9 Å². The van der Waals surface area contributed by atoms with Crippen LogP contribution in [0.25, 0.3) is 0 Å². The van der Waals surface area contributed by atoms with E-state index in [4.69, 9.17) is 19.8 Å². The maximum absolute atomic E-state index is 12.4. The predicted octanol–water partition coefficient (Wildman–Crippen LogP) is 2.58. The lowest BCUT2D eigenvalue weighted by Gasteiger charge is -2.17. The molecule has 2 aromatic rings. The molecule has 1 atom stereocenters. The average Bonchev–Trinajstić information content (AvgIpc) is 3.00. The summed E-state index contributed by atoms with van der Waals surface area (Å²) >= 11 is 0. The van der Waals surface area contributed by atoms with E-state index < -0.39 is 23.8 Å². The van der Waals surface area contributed by atoms with Crippen molar-refractivity contribution in [3.63, 3.8) is 0 Å². The molecule has 1 aliphatic rings. The molecule has 28 heavy (non-hydrogen) atoms. The van der Waals surface area contributed by atoms with Crippen LogP contribution in [0.5, 0.6) is 0 Å². The lowest BCUT2D eigenvalue weighted by atomic mass is 9.96. The first-order chi connectivity index (χ1) is 13.3. The van der Waals surface area contributed by atoms with Crippen molar-refractivity contribution < 1.29 is 34.5 Å². The third kappa shape index (κ3) is 4.53. The van der Waals surface area contributed by atoms with Crippen LogP contribution in [0.1, 0.15) is 40.7 Å². The second-order valence-corrected chi connectivity index (χ2v) is 6.05. The van der Waals surface area contributed by atoms with Gasteiger partial charge in [0, 0.05) is 11.3 Å². The molecule has 0 fully saturated rings. The zero-order chi connectivity index (χ0) is 20.8. The first-order valence-electron chi connectivity index (χ1n) is 8.45. The van der Waals surface area contributed by atoms with Crippen molar-refractivity contribution in [3.05, 3.63) is 65.2 Å². The van der Waals surface area contributed by atoms with E-state index in [1.54, 1.807) is 17.0 Å². The Morgan fingerprint density at radius 3 is 2.00 bits per heavy atom. The van der Waals surface area contributed by atoms with Crippen molar-refractivity contribution in [3.8, 4) is 0 Å². The number of carbonyl (C=O) groups excluding carboxylic acids is 1. The van der Waals surface area contributed by atoms with Crippen molar-refractivity contribution in [1.29, 1.82) is 0 Å². The highest BCUT2D eigenvalue weighted by molar-refractivity contribution is 6.27. The van der Waals surface area contributed by atoms with E-state index in [0.717, 1.165) is 22.4 Å². The van der Waals surface area contributed by atoms with Crippen LogP contribution < -0.4 is 4.90 Å². The molecular formula is C20H19NO7.